The van der Waals surface area contributed by atoms with E-state index in [1.807, 2.05) is 13.0 Å². The molecule has 0 aromatic carbocycles. The first-order chi connectivity index (χ1) is 6.63. The molecular formula is C8H7Cl3N2O. The van der Waals surface area contributed by atoms with E-state index in [2.05, 4.69) is 0 Å². The van der Waals surface area contributed by atoms with Crippen molar-refractivity contribution >= 4 is 34.8 Å². The smallest absolute Gasteiger partial charge is 0.132 e. The fourth-order valence-corrected chi connectivity index (χ4v) is 1.75. The van der Waals surface area contributed by atoms with Gasteiger partial charge in [-0.25, -0.2) is 0 Å². The molecule has 1 aromatic rings. The van der Waals surface area contributed by atoms with Crippen molar-refractivity contribution in [2.24, 2.45) is 0 Å². The van der Waals surface area contributed by atoms with Crippen LogP contribution >= 0.6 is 34.8 Å². The predicted molar refractivity (Wildman–Crippen MR) is 55.8 cm³/mol. The van der Waals surface area contributed by atoms with E-state index >= 15 is 0 Å². The highest BCUT2D eigenvalue weighted by Gasteiger charge is 2.18. The molecular weight excluding hydrogens is 246 g/mol. The first-order valence-corrected chi connectivity index (χ1v) is 4.97. The van der Waals surface area contributed by atoms with Crippen molar-refractivity contribution in [2.75, 3.05) is 6.61 Å². The van der Waals surface area contributed by atoms with Gasteiger partial charge in [0.15, 0.2) is 0 Å². The van der Waals surface area contributed by atoms with Gasteiger partial charge in [-0.2, -0.15) is 5.26 Å². The van der Waals surface area contributed by atoms with Crippen LogP contribution in [0.25, 0.3) is 0 Å². The van der Waals surface area contributed by atoms with Crippen LogP contribution in [0.2, 0.25) is 15.3 Å². The molecule has 1 heterocycles. The van der Waals surface area contributed by atoms with Gasteiger partial charge in [0.1, 0.15) is 28.7 Å². The maximum atomic E-state index is 8.73. The molecule has 0 aliphatic rings. The lowest BCUT2D eigenvalue weighted by Gasteiger charge is -2.05. The van der Waals surface area contributed by atoms with E-state index in [0.717, 1.165) is 0 Å². The van der Waals surface area contributed by atoms with Gasteiger partial charge in [-0.1, -0.05) is 34.8 Å². The Kier molecular flexibility index (Phi) is 4.09. The quantitative estimate of drug-likeness (QED) is 0.829. The first kappa shape index (κ1) is 11.7. The van der Waals surface area contributed by atoms with Crippen molar-refractivity contribution in [3.63, 3.8) is 0 Å². The third-order valence-corrected chi connectivity index (χ3v) is 2.87. The van der Waals surface area contributed by atoms with Crippen LogP contribution in [-0.4, -0.2) is 11.2 Å². The van der Waals surface area contributed by atoms with Gasteiger partial charge in [0, 0.05) is 6.61 Å². The molecule has 0 aliphatic carbocycles. The SMILES string of the molecule is CCOCn1c(Cl)c(Cl)c(C#N)c1Cl. The van der Waals surface area contributed by atoms with E-state index < -0.39 is 0 Å². The lowest BCUT2D eigenvalue weighted by molar-refractivity contribution is 0.0885. The minimum absolute atomic E-state index is 0.166. The van der Waals surface area contributed by atoms with Crippen LogP contribution in [0.4, 0.5) is 0 Å². The highest BCUT2D eigenvalue weighted by molar-refractivity contribution is 6.44. The van der Waals surface area contributed by atoms with Crippen LogP contribution in [-0.2, 0) is 11.5 Å². The second-order valence-corrected chi connectivity index (χ2v) is 3.53. The van der Waals surface area contributed by atoms with Gasteiger partial charge >= 0.3 is 0 Å². The van der Waals surface area contributed by atoms with Crippen molar-refractivity contribution in [3.8, 4) is 6.07 Å². The fourth-order valence-electron chi connectivity index (χ4n) is 0.924. The summed E-state index contributed by atoms with van der Waals surface area (Å²) in [6.07, 6.45) is 0. The van der Waals surface area contributed by atoms with E-state index in [1.54, 1.807) is 0 Å². The lowest BCUT2D eigenvalue weighted by atomic mass is 10.4. The normalized spacial score (nSPS) is 10.2. The summed E-state index contributed by atoms with van der Waals surface area (Å²) in [6.45, 7) is 2.57. The van der Waals surface area contributed by atoms with Crippen molar-refractivity contribution < 1.29 is 4.74 Å². The molecule has 76 valence electrons. The highest BCUT2D eigenvalue weighted by Crippen LogP contribution is 2.34. The Labute approximate surface area is 96.7 Å². The third kappa shape index (κ3) is 1.99. The van der Waals surface area contributed by atoms with Crippen LogP contribution in [0.15, 0.2) is 0 Å². The van der Waals surface area contributed by atoms with Gasteiger partial charge in [0.2, 0.25) is 0 Å². The second kappa shape index (κ2) is 4.90. The average molecular weight is 254 g/mol. The zero-order valence-corrected chi connectivity index (χ0v) is 9.62. The standard InChI is InChI=1S/C8H7Cl3N2O/c1-2-14-4-13-7(10)5(3-12)6(9)8(13)11/h2,4H2,1H3. The monoisotopic (exact) mass is 252 g/mol. The van der Waals surface area contributed by atoms with Crippen molar-refractivity contribution in [3.05, 3.63) is 20.9 Å². The number of hydrogen-bond acceptors (Lipinski definition) is 2. The Morgan fingerprint density at radius 1 is 1.36 bits per heavy atom. The molecule has 0 radical (unpaired) electrons. The van der Waals surface area contributed by atoms with E-state index in [9.17, 15) is 0 Å². The molecule has 0 saturated heterocycles. The highest BCUT2D eigenvalue weighted by atomic mass is 35.5. The van der Waals surface area contributed by atoms with Crippen LogP contribution in [0, 0.1) is 11.3 Å². The largest absolute Gasteiger partial charge is 0.361 e. The molecule has 0 bridgehead atoms. The zero-order valence-electron chi connectivity index (χ0n) is 7.35. The van der Waals surface area contributed by atoms with E-state index in [1.165, 1.54) is 4.57 Å². The predicted octanol–water partition coefficient (Wildman–Crippen LogP) is 3.31. The number of nitrogens with zero attached hydrogens (tertiary/aromatic N) is 2. The van der Waals surface area contributed by atoms with Crippen LogP contribution in [0.1, 0.15) is 12.5 Å². The van der Waals surface area contributed by atoms with Crippen LogP contribution in [0.3, 0.4) is 0 Å². The third-order valence-electron chi connectivity index (χ3n) is 1.62. The summed E-state index contributed by atoms with van der Waals surface area (Å²) >= 11 is 17.5. The summed E-state index contributed by atoms with van der Waals surface area (Å²) < 4.78 is 6.56. The number of halogens is 3. The van der Waals surface area contributed by atoms with Crippen molar-refractivity contribution in [1.29, 1.82) is 5.26 Å². The van der Waals surface area contributed by atoms with Gasteiger partial charge in [-0.15, -0.1) is 0 Å². The first-order valence-electron chi connectivity index (χ1n) is 3.84. The molecule has 0 spiro atoms. The van der Waals surface area contributed by atoms with Gasteiger partial charge in [-0.05, 0) is 6.92 Å². The average Bonchev–Trinajstić information content (AvgIpc) is 2.37. The van der Waals surface area contributed by atoms with E-state index in [-0.39, 0.29) is 27.6 Å². The molecule has 1 aromatic heterocycles. The fraction of sp³-hybridized carbons (Fsp3) is 0.375. The molecule has 0 saturated carbocycles. The second-order valence-electron chi connectivity index (χ2n) is 2.43. The Hall–Kier alpha value is -0.400. The number of rotatable bonds is 3. The number of nitriles is 1. The molecule has 0 N–H and O–H groups in total. The summed E-state index contributed by atoms with van der Waals surface area (Å²) in [5.41, 5.74) is 0.179. The molecule has 0 atom stereocenters. The molecule has 0 unspecified atom stereocenters. The maximum absolute atomic E-state index is 8.73. The minimum Gasteiger partial charge on any atom is -0.361 e. The summed E-state index contributed by atoms with van der Waals surface area (Å²) in [7, 11) is 0. The van der Waals surface area contributed by atoms with Gasteiger partial charge < -0.3 is 4.74 Å². The summed E-state index contributed by atoms with van der Waals surface area (Å²) in [6, 6.07) is 1.88. The molecule has 0 amide bonds. The number of ether oxygens (including phenoxy) is 1. The van der Waals surface area contributed by atoms with Crippen molar-refractivity contribution in [1.82, 2.24) is 4.57 Å². The Morgan fingerprint density at radius 3 is 2.43 bits per heavy atom. The number of hydrogen-bond donors (Lipinski definition) is 0. The van der Waals surface area contributed by atoms with Gasteiger partial charge in [0.05, 0.1) is 5.02 Å². The Bertz CT molecular complexity index is 381. The number of aromatic nitrogens is 1. The zero-order chi connectivity index (χ0) is 10.7. The van der Waals surface area contributed by atoms with Crippen LogP contribution < -0.4 is 0 Å². The van der Waals surface area contributed by atoms with Gasteiger partial charge in [0.25, 0.3) is 0 Å². The Balaban J connectivity index is 3.12. The van der Waals surface area contributed by atoms with E-state index in [0.29, 0.717) is 6.61 Å². The maximum Gasteiger partial charge on any atom is 0.132 e. The minimum atomic E-state index is 0.166. The molecule has 3 nitrogen and oxygen atoms in total. The topological polar surface area (TPSA) is 38.0 Å². The molecule has 0 aliphatic heterocycles. The molecule has 14 heavy (non-hydrogen) atoms. The van der Waals surface area contributed by atoms with Crippen LogP contribution in [0.5, 0.6) is 0 Å². The molecule has 0 fully saturated rings. The lowest BCUT2D eigenvalue weighted by Crippen LogP contribution is -2.02. The summed E-state index contributed by atoms with van der Waals surface area (Å²) in [5, 5.41) is 9.32. The summed E-state index contributed by atoms with van der Waals surface area (Å²) in [4.78, 5) is 0. The summed E-state index contributed by atoms with van der Waals surface area (Å²) in [5.74, 6) is 0. The van der Waals surface area contributed by atoms with E-state index in [4.69, 9.17) is 44.8 Å². The Morgan fingerprint density at radius 2 is 2.00 bits per heavy atom. The van der Waals surface area contributed by atoms with Gasteiger partial charge in [-0.3, -0.25) is 4.57 Å². The molecule has 6 heteroatoms. The molecule has 1 rings (SSSR count). The van der Waals surface area contributed by atoms with Crippen molar-refractivity contribution in [2.45, 2.75) is 13.7 Å².